The van der Waals surface area contributed by atoms with Crippen molar-refractivity contribution in [1.82, 2.24) is 10.3 Å². The van der Waals surface area contributed by atoms with Crippen molar-refractivity contribution in [3.05, 3.63) is 51.5 Å². The summed E-state index contributed by atoms with van der Waals surface area (Å²) in [6, 6.07) is 9.38. The SMILES string of the molecule is CCCNC(Cc1ccc(CC)cc1)c1cnc(C)s1. The number of aryl methyl sites for hydroxylation is 2. The van der Waals surface area contributed by atoms with E-state index in [9.17, 15) is 0 Å². The molecule has 0 saturated carbocycles. The third-order valence-corrected chi connectivity index (χ3v) is 4.52. The zero-order valence-electron chi connectivity index (χ0n) is 12.6. The Hall–Kier alpha value is -1.19. The van der Waals surface area contributed by atoms with Gasteiger partial charge in [-0.15, -0.1) is 11.3 Å². The second-order valence-electron chi connectivity index (χ2n) is 5.16. The zero-order valence-corrected chi connectivity index (χ0v) is 13.5. The van der Waals surface area contributed by atoms with Gasteiger partial charge < -0.3 is 5.32 Å². The number of thiazole rings is 1. The molecule has 0 aliphatic carbocycles. The van der Waals surface area contributed by atoms with Crippen LogP contribution in [0.3, 0.4) is 0 Å². The van der Waals surface area contributed by atoms with Crippen molar-refractivity contribution < 1.29 is 0 Å². The molecule has 1 atom stereocenters. The van der Waals surface area contributed by atoms with E-state index in [1.165, 1.54) is 16.0 Å². The minimum atomic E-state index is 0.383. The van der Waals surface area contributed by atoms with E-state index < -0.39 is 0 Å². The molecule has 1 N–H and O–H groups in total. The number of rotatable bonds is 7. The lowest BCUT2D eigenvalue weighted by Gasteiger charge is -2.17. The molecule has 108 valence electrons. The van der Waals surface area contributed by atoms with Crippen LogP contribution in [-0.2, 0) is 12.8 Å². The molecule has 0 radical (unpaired) electrons. The highest BCUT2D eigenvalue weighted by atomic mass is 32.1. The molecule has 0 fully saturated rings. The third kappa shape index (κ3) is 4.15. The fourth-order valence-electron chi connectivity index (χ4n) is 2.28. The number of hydrogen-bond donors (Lipinski definition) is 1. The largest absolute Gasteiger partial charge is 0.309 e. The van der Waals surface area contributed by atoms with E-state index in [0.29, 0.717) is 6.04 Å². The topological polar surface area (TPSA) is 24.9 Å². The molecule has 2 aromatic rings. The van der Waals surface area contributed by atoms with Crippen LogP contribution in [0.15, 0.2) is 30.5 Å². The lowest BCUT2D eigenvalue weighted by Crippen LogP contribution is -2.23. The molecule has 0 bridgehead atoms. The summed E-state index contributed by atoms with van der Waals surface area (Å²) >= 11 is 1.80. The highest BCUT2D eigenvalue weighted by Gasteiger charge is 2.14. The summed E-state index contributed by atoms with van der Waals surface area (Å²) < 4.78 is 0. The van der Waals surface area contributed by atoms with Gasteiger partial charge in [0, 0.05) is 17.1 Å². The van der Waals surface area contributed by atoms with Crippen LogP contribution in [0.4, 0.5) is 0 Å². The van der Waals surface area contributed by atoms with Gasteiger partial charge in [-0.3, -0.25) is 0 Å². The Morgan fingerprint density at radius 2 is 1.85 bits per heavy atom. The smallest absolute Gasteiger partial charge is 0.0897 e. The number of benzene rings is 1. The van der Waals surface area contributed by atoms with Gasteiger partial charge in [-0.05, 0) is 43.9 Å². The first-order valence-electron chi connectivity index (χ1n) is 7.46. The van der Waals surface area contributed by atoms with E-state index in [1.807, 2.05) is 6.20 Å². The molecule has 1 unspecified atom stereocenters. The first-order chi connectivity index (χ1) is 9.72. The van der Waals surface area contributed by atoms with Crippen LogP contribution >= 0.6 is 11.3 Å². The minimum absolute atomic E-state index is 0.383. The number of hydrogen-bond acceptors (Lipinski definition) is 3. The van der Waals surface area contributed by atoms with Crippen molar-refractivity contribution in [3.8, 4) is 0 Å². The van der Waals surface area contributed by atoms with Crippen molar-refractivity contribution in [2.75, 3.05) is 6.54 Å². The summed E-state index contributed by atoms with van der Waals surface area (Å²) in [6.07, 6.45) is 5.31. The summed E-state index contributed by atoms with van der Waals surface area (Å²) in [6.45, 7) is 7.52. The Balaban J connectivity index is 2.10. The Kier molecular flexibility index (Phi) is 5.74. The van der Waals surface area contributed by atoms with Crippen molar-refractivity contribution in [1.29, 1.82) is 0 Å². The molecule has 0 aliphatic rings. The number of aromatic nitrogens is 1. The summed E-state index contributed by atoms with van der Waals surface area (Å²) in [5.41, 5.74) is 2.79. The first kappa shape index (κ1) is 15.2. The Morgan fingerprint density at radius 1 is 1.15 bits per heavy atom. The Labute approximate surface area is 126 Å². The predicted octanol–water partition coefficient (Wildman–Crippen LogP) is 4.30. The van der Waals surface area contributed by atoms with Gasteiger partial charge in [-0.2, -0.15) is 0 Å². The van der Waals surface area contributed by atoms with Crippen molar-refractivity contribution in [3.63, 3.8) is 0 Å². The summed E-state index contributed by atoms with van der Waals surface area (Å²) in [7, 11) is 0. The van der Waals surface area contributed by atoms with Crippen molar-refractivity contribution in [2.45, 2.75) is 46.1 Å². The minimum Gasteiger partial charge on any atom is -0.309 e. The predicted molar refractivity (Wildman–Crippen MR) is 87.4 cm³/mol. The van der Waals surface area contributed by atoms with Crippen LogP contribution < -0.4 is 5.32 Å². The van der Waals surface area contributed by atoms with E-state index in [4.69, 9.17) is 0 Å². The third-order valence-electron chi connectivity index (χ3n) is 3.49. The van der Waals surface area contributed by atoms with Gasteiger partial charge in [0.1, 0.15) is 0 Å². The van der Waals surface area contributed by atoms with Crippen LogP contribution in [0.1, 0.15) is 47.3 Å². The maximum Gasteiger partial charge on any atom is 0.0897 e. The molecule has 1 heterocycles. The summed E-state index contributed by atoms with van der Waals surface area (Å²) in [5, 5.41) is 4.79. The van der Waals surface area contributed by atoms with Gasteiger partial charge in [0.05, 0.1) is 5.01 Å². The first-order valence-corrected chi connectivity index (χ1v) is 8.28. The average Bonchev–Trinajstić information content (AvgIpc) is 2.90. The molecule has 0 saturated heterocycles. The standard InChI is InChI=1S/C17H24N2S/c1-4-10-18-16(17-12-19-13(3)20-17)11-15-8-6-14(5-2)7-9-15/h6-9,12,16,18H,4-5,10-11H2,1-3H3. The van der Waals surface area contributed by atoms with Crippen LogP contribution in [0.5, 0.6) is 0 Å². The molecular weight excluding hydrogens is 264 g/mol. The molecule has 3 heteroatoms. The molecule has 2 rings (SSSR count). The van der Waals surface area contributed by atoms with E-state index >= 15 is 0 Å². The molecule has 2 nitrogen and oxygen atoms in total. The van der Waals surface area contributed by atoms with Crippen molar-refractivity contribution in [2.24, 2.45) is 0 Å². The second-order valence-corrected chi connectivity index (χ2v) is 6.43. The molecule has 0 amide bonds. The van der Waals surface area contributed by atoms with E-state index in [0.717, 1.165) is 30.8 Å². The Morgan fingerprint density at radius 3 is 2.40 bits per heavy atom. The van der Waals surface area contributed by atoms with E-state index in [2.05, 4.69) is 55.3 Å². The van der Waals surface area contributed by atoms with Gasteiger partial charge in [0.2, 0.25) is 0 Å². The van der Waals surface area contributed by atoms with E-state index in [1.54, 1.807) is 11.3 Å². The second kappa shape index (κ2) is 7.55. The summed E-state index contributed by atoms with van der Waals surface area (Å²) in [5.74, 6) is 0. The van der Waals surface area contributed by atoms with Gasteiger partial charge >= 0.3 is 0 Å². The Bertz CT molecular complexity index is 516. The maximum atomic E-state index is 4.39. The fourth-order valence-corrected chi connectivity index (χ4v) is 3.14. The highest BCUT2D eigenvalue weighted by molar-refractivity contribution is 7.11. The van der Waals surface area contributed by atoms with Crippen LogP contribution in [0.2, 0.25) is 0 Å². The van der Waals surface area contributed by atoms with Gasteiger partial charge in [0.15, 0.2) is 0 Å². The fraction of sp³-hybridized carbons (Fsp3) is 0.471. The van der Waals surface area contributed by atoms with Crippen molar-refractivity contribution >= 4 is 11.3 Å². The molecular formula is C17H24N2S. The van der Waals surface area contributed by atoms with E-state index in [-0.39, 0.29) is 0 Å². The summed E-state index contributed by atoms with van der Waals surface area (Å²) in [4.78, 5) is 5.74. The average molecular weight is 288 g/mol. The highest BCUT2D eigenvalue weighted by Crippen LogP contribution is 2.24. The zero-order chi connectivity index (χ0) is 14.4. The molecule has 1 aromatic carbocycles. The molecule has 0 spiro atoms. The normalized spacial score (nSPS) is 12.6. The molecule has 20 heavy (non-hydrogen) atoms. The van der Waals surface area contributed by atoms with Crippen LogP contribution in [-0.4, -0.2) is 11.5 Å². The monoisotopic (exact) mass is 288 g/mol. The van der Waals surface area contributed by atoms with Gasteiger partial charge in [-0.1, -0.05) is 38.1 Å². The van der Waals surface area contributed by atoms with Gasteiger partial charge in [0.25, 0.3) is 0 Å². The lowest BCUT2D eigenvalue weighted by atomic mass is 10.0. The number of nitrogens with one attached hydrogen (secondary N) is 1. The maximum absolute atomic E-state index is 4.39. The molecule has 0 aliphatic heterocycles. The molecule has 1 aromatic heterocycles. The van der Waals surface area contributed by atoms with Crippen LogP contribution in [0, 0.1) is 6.92 Å². The quantitative estimate of drug-likeness (QED) is 0.821. The lowest BCUT2D eigenvalue weighted by molar-refractivity contribution is 0.536. The number of nitrogens with zero attached hydrogens (tertiary/aromatic N) is 1. The van der Waals surface area contributed by atoms with Gasteiger partial charge in [-0.25, -0.2) is 4.98 Å². The van der Waals surface area contributed by atoms with Crippen LogP contribution in [0.25, 0.3) is 0 Å².